The Kier molecular flexibility index (Phi) is 4.25. The predicted molar refractivity (Wildman–Crippen MR) is 106 cm³/mol. The number of hydrogen-bond donors (Lipinski definition) is 1. The van der Waals surface area contributed by atoms with E-state index in [0.717, 1.165) is 24.7 Å². The fourth-order valence-electron chi connectivity index (χ4n) is 3.05. The van der Waals surface area contributed by atoms with Gasteiger partial charge in [0.2, 0.25) is 0 Å². The van der Waals surface area contributed by atoms with Gasteiger partial charge in [-0.15, -0.1) is 0 Å². The van der Waals surface area contributed by atoms with E-state index in [4.69, 9.17) is 0 Å². The van der Waals surface area contributed by atoms with E-state index >= 15 is 0 Å². The van der Waals surface area contributed by atoms with E-state index in [1.165, 1.54) is 33.0 Å². The summed E-state index contributed by atoms with van der Waals surface area (Å²) >= 11 is 11.0. The van der Waals surface area contributed by atoms with Gasteiger partial charge in [-0.25, -0.2) is 4.98 Å². The van der Waals surface area contributed by atoms with Gasteiger partial charge in [-0.05, 0) is 97.7 Å². The van der Waals surface area contributed by atoms with Crippen LogP contribution in [0.5, 0.6) is 0 Å². The molecule has 0 saturated heterocycles. The summed E-state index contributed by atoms with van der Waals surface area (Å²) in [7, 11) is 0. The Hall–Kier alpha value is -0.650. The molecule has 0 fully saturated rings. The zero-order chi connectivity index (χ0) is 16.2. The number of aromatic nitrogens is 2. The molecule has 0 bridgehead atoms. The highest BCUT2D eigenvalue weighted by Crippen LogP contribution is 2.43. The maximum absolute atomic E-state index is 4.56. The summed E-state index contributed by atoms with van der Waals surface area (Å²) in [4.78, 5) is 7.84. The molecular weight excluding hydrogens is 472 g/mol. The molecule has 1 N–H and O–H groups in total. The number of aromatic amines is 1. The first-order valence-electron chi connectivity index (χ1n) is 6.96. The van der Waals surface area contributed by atoms with Crippen LogP contribution in [0.4, 0.5) is 0 Å². The van der Waals surface area contributed by atoms with Crippen LogP contribution in [-0.2, 0) is 0 Å². The van der Waals surface area contributed by atoms with Crippen molar-refractivity contribution in [2.45, 2.75) is 27.7 Å². The largest absolute Gasteiger partial charge is 0.332 e. The Morgan fingerprint density at radius 2 is 1.55 bits per heavy atom. The van der Waals surface area contributed by atoms with E-state index in [1.54, 1.807) is 0 Å². The van der Waals surface area contributed by atoms with E-state index in [-0.39, 0.29) is 0 Å². The fourth-order valence-corrected chi connectivity index (χ4v) is 4.99. The van der Waals surface area contributed by atoms with Gasteiger partial charge in [0.25, 0.3) is 0 Å². The van der Waals surface area contributed by atoms with E-state index in [0.29, 0.717) is 0 Å². The maximum Gasteiger partial charge on any atom is 0.175 e. The van der Waals surface area contributed by atoms with E-state index in [9.17, 15) is 0 Å². The van der Waals surface area contributed by atoms with Gasteiger partial charge >= 0.3 is 0 Å². The summed E-state index contributed by atoms with van der Waals surface area (Å²) in [6.45, 7) is 8.59. The monoisotopic (exact) mass is 484 g/mol. The Bertz CT molecular complexity index is 952. The first-order valence-corrected chi connectivity index (χ1v) is 9.34. The minimum absolute atomic E-state index is 0.736. The number of allylic oxidation sites excluding steroid dienone is 1. The van der Waals surface area contributed by atoms with Crippen molar-refractivity contribution in [1.82, 2.24) is 9.97 Å². The number of halogens is 3. The number of aryl methyl sites for hydroxylation is 2. The van der Waals surface area contributed by atoms with Gasteiger partial charge < -0.3 is 4.98 Å². The van der Waals surface area contributed by atoms with Crippen LogP contribution in [0.25, 0.3) is 27.9 Å². The van der Waals surface area contributed by atoms with Crippen molar-refractivity contribution < 1.29 is 0 Å². The van der Waals surface area contributed by atoms with Crippen LogP contribution in [0.15, 0.2) is 19.8 Å². The van der Waals surface area contributed by atoms with Gasteiger partial charge in [-0.3, -0.25) is 0 Å². The van der Waals surface area contributed by atoms with E-state index in [1.807, 2.05) is 0 Å². The molecule has 0 spiro atoms. The SMILES string of the molecule is CC=Cc1c(C)c(C)c2c(Br)c3[nH]c(Br)nc3c(Br)c2c1C. The standard InChI is InChI=1S/C17H15Br3N2/c1-5-6-10-7(2)8(3)11-12(9(10)4)14(19)16-15(13(11)18)21-17(20)22-16/h5-6H,1-4H3,(H,21,22). The molecule has 1 aromatic heterocycles. The van der Waals surface area contributed by atoms with Crippen LogP contribution < -0.4 is 0 Å². The molecular formula is C17H15Br3N2. The number of nitrogens with zero attached hydrogens (tertiary/aromatic N) is 1. The zero-order valence-electron chi connectivity index (χ0n) is 12.7. The average Bonchev–Trinajstić information content (AvgIpc) is 2.87. The maximum atomic E-state index is 4.56. The lowest BCUT2D eigenvalue weighted by Gasteiger charge is -2.17. The lowest BCUT2D eigenvalue weighted by molar-refractivity contribution is 1.26. The molecule has 0 unspecified atom stereocenters. The number of imidazole rings is 1. The zero-order valence-corrected chi connectivity index (χ0v) is 17.5. The summed E-state index contributed by atoms with van der Waals surface area (Å²) in [5.74, 6) is 0. The highest BCUT2D eigenvalue weighted by Gasteiger charge is 2.20. The highest BCUT2D eigenvalue weighted by atomic mass is 79.9. The number of hydrogen-bond acceptors (Lipinski definition) is 1. The molecule has 2 nitrogen and oxygen atoms in total. The number of rotatable bonds is 1. The normalized spacial score (nSPS) is 12.1. The second kappa shape index (κ2) is 5.77. The van der Waals surface area contributed by atoms with Crippen LogP contribution in [0.1, 0.15) is 29.2 Å². The molecule has 5 heteroatoms. The summed E-state index contributed by atoms with van der Waals surface area (Å²) in [5.41, 5.74) is 7.09. The van der Waals surface area contributed by atoms with Crippen molar-refractivity contribution in [1.29, 1.82) is 0 Å². The van der Waals surface area contributed by atoms with Crippen molar-refractivity contribution in [3.63, 3.8) is 0 Å². The molecule has 114 valence electrons. The minimum Gasteiger partial charge on any atom is -0.332 e. The van der Waals surface area contributed by atoms with E-state index < -0.39 is 0 Å². The topological polar surface area (TPSA) is 28.7 Å². The molecule has 0 saturated carbocycles. The summed E-state index contributed by atoms with van der Waals surface area (Å²) in [6.07, 6.45) is 4.27. The number of H-pyrrole nitrogens is 1. The summed E-state index contributed by atoms with van der Waals surface area (Å²) < 4.78 is 2.84. The molecule has 0 aliphatic heterocycles. The Morgan fingerprint density at radius 1 is 0.909 bits per heavy atom. The molecule has 3 aromatic rings. The van der Waals surface area contributed by atoms with Crippen molar-refractivity contribution in [2.75, 3.05) is 0 Å². The van der Waals surface area contributed by atoms with Crippen molar-refractivity contribution >= 4 is 75.7 Å². The third kappa shape index (κ3) is 2.21. The van der Waals surface area contributed by atoms with Gasteiger partial charge in [0.1, 0.15) is 5.52 Å². The first kappa shape index (κ1) is 16.2. The third-order valence-corrected chi connectivity index (χ3v) is 6.19. The number of nitrogens with one attached hydrogen (secondary N) is 1. The minimum atomic E-state index is 0.736. The Labute approximate surface area is 154 Å². The predicted octanol–water partition coefficient (Wildman–Crippen LogP) is 6.96. The van der Waals surface area contributed by atoms with Gasteiger partial charge in [0, 0.05) is 10.8 Å². The Morgan fingerprint density at radius 3 is 2.18 bits per heavy atom. The molecule has 1 heterocycles. The van der Waals surface area contributed by atoms with Crippen molar-refractivity contribution in [2.24, 2.45) is 0 Å². The van der Waals surface area contributed by atoms with Crippen molar-refractivity contribution in [3.8, 4) is 0 Å². The van der Waals surface area contributed by atoms with Crippen LogP contribution >= 0.6 is 47.8 Å². The smallest absolute Gasteiger partial charge is 0.175 e. The lowest BCUT2D eigenvalue weighted by Crippen LogP contribution is -1.96. The lowest BCUT2D eigenvalue weighted by atomic mass is 9.90. The number of fused-ring (bicyclic) bond motifs is 2. The molecule has 3 rings (SSSR count). The second-order valence-electron chi connectivity index (χ2n) is 5.42. The van der Waals surface area contributed by atoms with Crippen LogP contribution in [0.2, 0.25) is 0 Å². The molecule has 0 amide bonds. The van der Waals surface area contributed by atoms with Gasteiger partial charge in [-0.1, -0.05) is 12.2 Å². The average molecular weight is 487 g/mol. The molecule has 22 heavy (non-hydrogen) atoms. The van der Waals surface area contributed by atoms with Crippen LogP contribution in [-0.4, -0.2) is 9.97 Å². The first-order chi connectivity index (χ1) is 10.4. The second-order valence-corrected chi connectivity index (χ2v) is 7.75. The molecule has 0 aliphatic rings. The highest BCUT2D eigenvalue weighted by molar-refractivity contribution is 9.11. The van der Waals surface area contributed by atoms with Gasteiger partial charge in [0.05, 0.1) is 14.5 Å². The van der Waals surface area contributed by atoms with Crippen molar-refractivity contribution in [3.05, 3.63) is 42.0 Å². The molecule has 2 aromatic carbocycles. The summed E-state index contributed by atoms with van der Waals surface area (Å²) in [6, 6.07) is 0. The quantitative estimate of drug-likeness (QED) is 0.395. The van der Waals surface area contributed by atoms with Crippen LogP contribution in [0.3, 0.4) is 0 Å². The fraction of sp³-hybridized carbons (Fsp3) is 0.235. The molecule has 0 aliphatic carbocycles. The van der Waals surface area contributed by atoms with E-state index in [2.05, 4.69) is 97.6 Å². The molecule has 0 atom stereocenters. The number of benzene rings is 2. The van der Waals surface area contributed by atoms with Gasteiger partial charge in [-0.2, -0.15) is 0 Å². The molecule has 0 radical (unpaired) electrons. The third-order valence-electron chi connectivity index (χ3n) is 4.25. The van der Waals surface area contributed by atoms with Crippen LogP contribution in [0, 0.1) is 20.8 Å². The van der Waals surface area contributed by atoms with Gasteiger partial charge in [0.15, 0.2) is 4.73 Å². The summed E-state index contributed by atoms with van der Waals surface area (Å²) in [5, 5.41) is 2.45. The Balaban J connectivity index is 2.67.